The molecule has 1 atom stereocenters. The molecule has 0 radical (unpaired) electrons. The van der Waals surface area contributed by atoms with E-state index in [1.165, 1.54) is 10.9 Å². The Morgan fingerprint density at radius 1 is 1.21 bits per heavy atom. The third-order valence-corrected chi connectivity index (χ3v) is 3.75. The topological polar surface area (TPSA) is 50.9 Å². The molecule has 0 fully saturated rings. The zero-order chi connectivity index (χ0) is 13.4. The minimum atomic E-state index is 0.204. The Labute approximate surface area is 112 Å². The molecular formula is C15H17N3O. The number of hydrogen-bond acceptors (Lipinski definition) is 4. The SMILES string of the molecule is COc1ccc(C2CN=C(N)N2C)c2ccccc12. The number of aliphatic imine (C=N–C) groups is 1. The van der Waals surface area contributed by atoms with E-state index in [0.29, 0.717) is 12.5 Å². The molecule has 0 amide bonds. The molecule has 2 aromatic rings. The van der Waals surface area contributed by atoms with Gasteiger partial charge >= 0.3 is 0 Å². The van der Waals surface area contributed by atoms with Crippen LogP contribution in [0.4, 0.5) is 0 Å². The highest BCUT2D eigenvalue weighted by Gasteiger charge is 2.25. The standard InChI is InChI=1S/C15H17N3O/c1-18-13(9-17-15(18)16)11-7-8-14(19-2)12-6-4-3-5-10(11)12/h3-8,13H,9H2,1-2H3,(H2,16,17). The van der Waals surface area contributed by atoms with E-state index < -0.39 is 0 Å². The maximum Gasteiger partial charge on any atom is 0.191 e. The van der Waals surface area contributed by atoms with Gasteiger partial charge in [0.25, 0.3) is 0 Å². The van der Waals surface area contributed by atoms with Gasteiger partial charge in [-0.2, -0.15) is 0 Å². The van der Waals surface area contributed by atoms with E-state index in [1.807, 2.05) is 30.1 Å². The van der Waals surface area contributed by atoms with Crippen molar-refractivity contribution in [3.8, 4) is 5.75 Å². The first kappa shape index (κ1) is 11.8. The molecule has 2 aromatic carbocycles. The first-order chi connectivity index (χ1) is 9.22. The highest BCUT2D eigenvalue weighted by Crippen LogP contribution is 2.34. The van der Waals surface area contributed by atoms with Crippen molar-refractivity contribution in [1.82, 2.24) is 4.90 Å². The molecule has 19 heavy (non-hydrogen) atoms. The van der Waals surface area contributed by atoms with E-state index in [4.69, 9.17) is 10.5 Å². The number of fused-ring (bicyclic) bond motifs is 1. The lowest BCUT2D eigenvalue weighted by Gasteiger charge is -2.23. The average Bonchev–Trinajstić information content (AvgIpc) is 2.78. The van der Waals surface area contributed by atoms with E-state index in [0.717, 1.165) is 11.1 Å². The molecule has 4 heteroatoms. The second-order valence-corrected chi connectivity index (χ2v) is 4.73. The van der Waals surface area contributed by atoms with Crippen LogP contribution in [0.5, 0.6) is 5.75 Å². The van der Waals surface area contributed by atoms with Gasteiger partial charge in [0.15, 0.2) is 5.96 Å². The summed E-state index contributed by atoms with van der Waals surface area (Å²) < 4.78 is 5.43. The number of benzene rings is 2. The van der Waals surface area contributed by atoms with Gasteiger partial charge in [-0.3, -0.25) is 4.99 Å². The Morgan fingerprint density at radius 3 is 2.58 bits per heavy atom. The average molecular weight is 255 g/mol. The molecule has 0 aliphatic carbocycles. The van der Waals surface area contributed by atoms with Crippen LogP contribution in [0.1, 0.15) is 11.6 Å². The Balaban J connectivity index is 2.16. The maximum absolute atomic E-state index is 5.86. The Morgan fingerprint density at radius 2 is 1.95 bits per heavy atom. The van der Waals surface area contributed by atoms with Crippen molar-refractivity contribution in [3.63, 3.8) is 0 Å². The van der Waals surface area contributed by atoms with Gasteiger partial charge in [0.2, 0.25) is 0 Å². The lowest BCUT2D eigenvalue weighted by molar-refractivity contribution is 0.411. The van der Waals surface area contributed by atoms with Crippen molar-refractivity contribution in [2.24, 2.45) is 10.7 Å². The quantitative estimate of drug-likeness (QED) is 0.894. The summed E-state index contributed by atoms with van der Waals surface area (Å²) in [6, 6.07) is 12.6. The van der Waals surface area contributed by atoms with Gasteiger partial charge in [0.05, 0.1) is 19.7 Å². The van der Waals surface area contributed by atoms with Gasteiger partial charge in [-0.1, -0.05) is 30.3 Å². The van der Waals surface area contributed by atoms with Crippen LogP contribution in [0.2, 0.25) is 0 Å². The lowest BCUT2D eigenvalue weighted by Crippen LogP contribution is -2.32. The fourth-order valence-electron chi connectivity index (χ4n) is 2.64. The molecule has 98 valence electrons. The van der Waals surface area contributed by atoms with E-state index >= 15 is 0 Å². The monoisotopic (exact) mass is 255 g/mol. The van der Waals surface area contributed by atoms with Crippen LogP contribution < -0.4 is 10.5 Å². The van der Waals surface area contributed by atoms with Gasteiger partial charge < -0.3 is 15.4 Å². The molecular weight excluding hydrogens is 238 g/mol. The van der Waals surface area contributed by atoms with Gasteiger partial charge in [0, 0.05) is 12.4 Å². The molecule has 1 aliphatic heterocycles. The summed E-state index contributed by atoms with van der Waals surface area (Å²) in [6.07, 6.45) is 0. The fraction of sp³-hybridized carbons (Fsp3) is 0.267. The molecule has 1 unspecified atom stereocenters. The van der Waals surface area contributed by atoms with Crippen molar-refractivity contribution in [1.29, 1.82) is 0 Å². The molecule has 0 bridgehead atoms. The van der Waals surface area contributed by atoms with Crippen LogP contribution in [0.3, 0.4) is 0 Å². The minimum absolute atomic E-state index is 0.204. The fourth-order valence-corrected chi connectivity index (χ4v) is 2.64. The van der Waals surface area contributed by atoms with Crippen LogP contribution in [-0.4, -0.2) is 31.6 Å². The largest absolute Gasteiger partial charge is 0.496 e. The highest BCUT2D eigenvalue weighted by molar-refractivity contribution is 5.92. The molecule has 0 saturated carbocycles. The second kappa shape index (κ2) is 4.46. The maximum atomic E-state index is 5.86. The van der Waals surface area contributed by atoms with Gasteiger partial charge in [-0.05, 0) is 17.0 Å². The van der Waals surface area contributed by atoms with Crippen LogP contribution in [0, 0.1) is 0 Å². The predicted molar refractivity (Wildman–Crippen MR) is 77.5 cm³/mol. The first-order valence-electron chi connectivity index (χ1n) is 6.30. The van der Waals surface area contributed by atoms with E-state index in [-0.39, 0.29) is 6.04 Å². The van der Waals surface area contributed by atoms with Crippen molar-refractivity contribution in [3.05, 3.63) is 42.0 Å². The number of guanidine groups is 1. The first-order valence-corrected chi connectivity index (χ1v) is 6.30. The third kappa shape index (κ3) is 1.80. The van der Waals surface area contributed by atoms with E-state index in [9.17, 15) is 0 Å². The Bertz CT molecular complexity index is 651. The summed E-state index contributed by atoms with van der Waals surface area (Å²) in [5.74, 6) is 1.50. The zero-order valence-corrected chi connectivity index (χ0v) is 11.1. The second-order valence-electron chi connectivity index (χ2n) is 4.73. The normalized spacial score (nSPS) is 18.7. The number of nitrogens with zero attached hydrogens (tertiary/aromatic N) is 2. The number of ether oxygens (including phenoxy) is 1. The Kier molecular flexibility index (Phi) is 2.78. The van der Waals surface area contributed by atoms with Gasteiger partial charge in [-0.15, -0.1) is 0 Å². The summed E-state index contributed by atoms with van der Waals surface area (Å²) in [5, 5.41) is 2.32. The molecule has 4 nitrogen and oxygen atoms in total. The van der Waals surface area contributed by atoms with Crippen molar-refractivity contribution >= 4 is 16.7 Å². The zero-order valence-electron chi connectivity index (χ0n) is 11.1. The summed E-state index contributed by atoms with van der Waals surface area (Å²) in [7, 11) is 3.68. The Hall–Kier alpha value is -2.23. The van der Waals surface area contributed by atoms with Gasteiger partial charge in [-0.25, -0.2) is 0 Å². The van der Waals surface area contributed by atoms with Crippen molar-refractivity contribution in [2.75, 3.05) is 20.7 Å². The number of methoxy groups -OCH3 is 1. The molecule has 2 N–H and O–H groups in total. The van der Waals surface area contributed by atoms with Crippen LogP contribution in [0.25, 0.3) is 10.8 Å². The number of rotatable bonds is 2. The molecule has 1 aliphatic rings. The van der Waals surface area contributed by atoms with Crippen molar-refractivity contribution in [2.45, 2.75) is 6.04 Å². The molecule has 0 spiro atoms. The molecule has 3 rings (SSSR count). The number of likely N-dealkylation sites (N-methyl/N-ethyl adjacent to an activating group) is 1. The van der Waals surface area contributed by atoms with Crippen LogP contribution in [-0.2, 0) is 0 Å². The highest BCUT2D eigenvalue weighted by atomic mass is 16.5. The van der Waals surface area contributed by atoms with Crippen LogP contribution >= 0.6 is 0 Å². The summed E-state index contributed by atoms with van der Waals surface area (Å²) in [4.78, 5) is 6.34. The van der Waals surface area contributed by atoms with E-state index in [1.54, 1.807) is 7.11 Å². The summed E-state index contributed by atoms with van der Waals surface area (Å²) in [6.45, 7) is 0.707. The van der Waals surface area contributed by atoms with Crippen LogP contribution in [0.15, 0.2) is 41.4 Å². The lowest BCUT2D eigenvalue weighted by atomic mass is 9.98. The predicted octanol–water partition coefficient (Wildman–Crippen LogP) is 2.15. The summed E-state index contributed by atoms with van der Waals surface area (Å²) >= 11 is 0. The third-order valence-electron chi connectivity index (χ3n) is 3.75. The molecule has 0 aromatic heterocycles. The number of nitrogens with two attached hydrogens (primary N) is 1. The summed E-state index contributed by atoms with van der Waals surface area (Å²) in [5.41, 5.74) is 7.10. The molecule has 1 heterocycles. The number of hydrogen-bond donors (Lipinski definition) is 1. The van der Waals surface area contributed by atoms with Gasteiger partial charge in [0.1, 0.15) is 5.75 Å². The van der Waals surface area contributed by atoms with Crippen molar-refractivity contribution < 1.29 is 4.74 Å². The molecule has 0 saturated heterocycles. The van der Waals surface area contributed by atoms with E-state index in [2.05, 4.69) is 23.2 Å². The minimum Gasteiger partial charge on any atom is -0.496 e. The smallest absolute Gasteiger partial charge is 0.191 e.